The van der Waals surface area contributed by atoms with E-state index in [-0.39, 0.29) is 6.03 Å². The van der Waals surface area contributed by atoms with Crippen molar-refractivity contribution in [3.05, 3.63) is 53.5 Å². The molecule has 0 saturated heterocycles. The average molecular weight is 273 g/mol. The molecule has 5 nitrogen and oxygen atoms in total. The molecule has 0 fully saturated rings. The molecule has 0 unspecified atom stereocenters. The van der Waals surface area contributed by atoms with Gasteiger partial charge in [0.2, 0.25) is 0 Å². The lowest BCUT2D eigenvalue weighted by molar-refractivity contribution is 0.220. The molecule has 20 heavy (non-hydrogen) atoms. The predicted octanol–water partition coefficient (Wildman–Crippen LogP) is 2.71. The van der Waals surface area contributed by atoms with Crippen molar-refractivity contribution in [2.24, 2.45) is 5.73 Å². The number of urea groups is 1. The van der Waals surface area contributed by atoms with E-state index in [9.17, 15) is 4.79 Å². The fraction of sp³-hybridized carbons (Fsp3) is 0.267. The molecule has 3 N–H and O–H groups in total. The maximum atomic E-state index is 12.1. The molecule has 0 radical (unpaired) electrons. The van der Waals surface area contributed by atoms with Crippen LogP contribution in [-0.4, -0.2) is 18.0 Å². The highest BCUT2D eigenvalue weighted by atomic mass is 16.3. The summed E-state index contributed by atoms with van der Waals surface area (Å²) in [6.45, 7) is 2.88. The topological polar surface area (TPSA) is 71.5 Å². The first-order chi connectivity index (χ1) is 9.60. The number of hydrogen-bond donors (Lipinski definition) is 2. The van der Waals surface area contributed by atoms with E-state index in [2.05, 4.69) is 5.32 Å². The summed E-state index contributed by atoms with van der Waals surface area (Å²) in [5.74, 6) is 0.831. The monoisotopic (exact) mass is 273 g/mol. The number of amides is 2. The quantitative estimate of drug-likeness (QED) is 0.899. The first-order valence-electron chi connectivity index (χ1n) is 6.44. The molecular weight excluding hydrogens is 254 g/mol. The van der Waals surface area contributed by atoms with Crippen LogP contribution in [0.25, 0.3) is 0 Å². The van der Waals surface area contributed by atoms with Gasteiger partial charge in [0.15, 0.2) is 0 Å². The molecular formula is C15H19N3O2. The molecule has 0 aliphatic carbocycles. The van der Waals surface area contributed by atoms with E-state index in [1.165, 1.54) is 0 Å². The number of hydrogen-bond acceptors (Lipinski definition) is 3. The Bertz CT molecular complexity index is 575. The smallest absolute Gasteiger partial charge is 0.321 e. The molecule has 1 aromatic carbocycles. The van der Waals surface area contributed by atoms with Gasteiger partial charge in [0.1, 0.15) is 5.76 Å². The van der Waals surface area contributed by atoms with Gasteiger partial charge in [-0.25, -0.2) is 4.79 Å². The average Bonchev–Trinajstić information content (AvgIpc) is 2.85. The third-order valence-electron chi connectivity index (χ3n) is 3.16. The number of furan rings is 1. The maximum absolute atomic E-state index is 12.1. The van der Waals surface area contributed by atoms with E-state index in [0.29, 0.717) is 13.1 Å². The summed E-state index contributed by atoms with van der Waals surface area (Å²) in [6, 6.07) is 9.20. The van der Waals surface area contributed by atoms with Crippen LogP contribution in [0.3, 0.4) is 0 Å². The summed E-state index contributed by atoms with van der Waals surface area (Å²) in [6.07, 6.45) is 1.63. The van der Waals surface area contributed by atoms with Gasteiger partial charge >= 0.3 is 6.03 Å². The molecule has 0 aliphatic rings. The molecule has 1 heterocycles. The van der Waals surface area contributed by atoms with Gasteiger partial charge in [-0.15, -0.1) is 0 Å². The summed E-state index contributed by atoms with van der Waals surface area (Å²) in [4.78, 5) is 13.7. The Kier molecular flexibility index (Phi) is 4.42. The Balaban J connectivity index is 1.95. The number of carbonyl (C=O) groups excluding carboxylic acids is 1. The molecule has 2 rings (SSSR count). The Labute approximate surface area is 118 Å². The van der Waals surface area contributed by atoms with E-state index in [0.717, 1.165) is 22.6 Å². The highest BCUT2D eigenvalue weighted by Gasteiger charge is 2.11. The molecule has 0 saturated carbocycles. The Morgan fingerprint density at radius 3 is 2.55 bits per heavy atom. The lowest BCUT2D eigenvalue weighted by Crippen LogP contribution is -2.30. The zero-order chi connectivity index (χ0) is 14.5. The Hall–Kier alpha value is -2.27. The van der Waals surface area contributed by atoms with Crippen LogP contribution in [0.15, 0.2) is 41.0 Å². The predicted molar refractivity (Wildman–Crippen MR) is 78.3 cm³/mol. The Morgan fingerprint density at radius 2 is 2.00 bits per heavy atom. The second kappa shape index (κ2) is 6.25. The fourth-order valence-electron chi connectivity index (χ4n) is 1.85. The minimum atomic E-state index is -0.161. The molecule has 0 atom stereocenters. The van der Waals surface area contributed by atoms with Crippen molar-refractivity contribution in [3.63, 3.8) is 0 Å². The summed E-state index contributed by atoms with van der Waals surface area (Å²) >= 11 is 0. The van der Waals surface area contributed by atoms with Gasteiger partial charge in [-0.2, -0.15) is 0 Å². The molecule has 5 heteroatoms. The highest BCUT2D eigenvalue weighted by Crippen LogP contribution is 2.13. The lowest BCUT2D eigenvalue weighted by Gasteiger charge is -2.17. The van der Waals surface area contributed by atoms with Crippen molar-refractivity contribution in [1.82, 2.24) is 4.90 Å². The molecule has 2 amide bonds. The molecule has 2 aromatic rings. The second-order valence-corrected chi connectivity index (χ2v) is 4.69. The number of aryl methyl sites for hydroxylation is 1. The van der Waals surface area contributed by atoms with Crippen LogP contribution in [0.4, 0.5) is 10.5 Å². The number of anilines is 1. The molecule has 0 bridgehead atoms. The fourth-order valence-corrected chi connectivity index (χ4v) is 1.85. The second-order valence-electron chi connectivity index (χ2n) is 4.69. The summed E-state index contributed by atoms with van der Waals surface area (Å²) < 4.78 is 5.22. The largest absolute Gasteiger partial charge is 0.469 e. The standard InChI is InChI=1S/C15H19N3O2/c1-11-13(7-8-20-11)10-18(2)15(19)17-14-5-3-12(9-16)4-6-14/h3-8H,9-10,16H2,1-2H3,(H,17,19). The summed E-state index contributed by atoms with van der Waals surface area (Å²) in [7, 11) is 1.75. The van der Waals surface area contributed by atoms with Crippen molar-refractivity contribution < 1.29 is 9.21 Å². The Morgan fingerprint density at radius 1 is 1.30 bits per heavy atom. The highest BCUT2D eigenvalue weighted by molar-refractivity contribution is 5.89. The van der Waals surface area contributed by atoms with Crippen molar-refractivity contribution in [2.75, 3.05) is 12.4 Å². The minimum absolute atomic E-state index is 0.161. The van der Waals surface area contributed by atoms with Crippen LogP contribution in [0.1, 0.15) is 16.9 Å². The normalized spacial score (nSPS) is 10.3. The molecule has 1 aromatic heterocycles. The van der Waals surface area contributed by atoms with Gasteiger partial charge in [0, 0.05) is 24.8 Å². The number of carbonyl (C=O) groups is 1. The van der Waals surface area contributed by atoms with Gasteiger partial charge in [-0.3, -0.25) is 0 Å². The zero-order valence-electron chi connectivity index (χ0n) is 11.7. The first kappa shape index (κ1) is 14.1. The van der Waals surface area contributed by atoms with E-state index < -0.39 is 0 Å². The van der Waals surface area contributed by atoms with Crippen LogP contribution in [0.5, 0.6) is 0 Å². The molecule has 0 spiro atoms. The van der Waals surface area contributed by atoms with Crippen LogP contribution >= 0.6 is 0 Å². The summed E-state index contributed by atoms with van der Waals surface area (Å²) in [5, 5.41) is 2.84. The number of benzene rings is 1. The van der Waals surface area contributed by atoms with Crippen molar-refractivity contribution >= 4 is 11.7 Å². The zero-order valence-corrected chi connectivity index (χ0v) is 11.7. The van der Waals surface area contributed by atoms with Gasteiger partial charge in [-0.05, 0) is 30.7 Å². The van der Waals surface area contributed by atoms with E-state index in [1.807, 2.05) is 37.3 Å². The first-order valence-corrected chi connectivity index (χ1v) is 6.44. The van der Waals surface area contributed by atoms with Crippen molar-refractivity contribution in [2.45, 2.75) is 20.0 Å². The van der Waals surface area contributed by atoms with E-state index >= 15 is 0 Å². The molecule has 106 valence electrons. The van der Waals surface area contributed by atoms with Crippen molar-refractivity contribution in [1.29, 1.82) is 0 Å². The number of nitrogens with one attached hydrogen (secondary N) is 1. The molecule has 0 aliphatic heterocycles. The van der Waals surface area contributed by atoms with Crippen LogP contribution in [-0.2, 0) is 13.1 Å². The lowest BCUT2D eigenvalue weighted by atomic mass is 10.2. The number of nitrogens with zero attached hydrogens (tertiary/aromatic N) is 1. The van der Waals surface area contributed by atoms with Gasteiger partial charge in [0.05, 0.1) is 12.8 Å². The SMILES string of the molecule is Cc1occc1CN(C)C(=O)Nc1ccc(CN)cc1. The van der Waals surface area contributed by atoms with Gasteiger partial charge in [0.25, 0.3) is 0 Å². The number of nitrogens with two attached hydrogens (primary N) is 1. The van der Waals surface area contributed by atoms with Crippen molar-refractivity contribution in [3.8, 4) is 0 Å². The number of rotatable bonds is 4. The van der Waals surface area contributed by atoms with Crippen LogP contribution in [0, 0.1) is 6.92 Å². The van der Waals surface area contributed by atoms with Gasteiger partial charge < -0.3 is 20.4 Å². The third-order valence-corrected chi connectivity index (χ3v) is 3.16. The third kappa shape index (κ3) is 3.39. The van der Waals surface area contributed by atoms with E-state index in [1.54, 1.807) is 18.2 Å². The van der Waals surface area contributed by atoms with Crippen LogP contribution < -0.4 is 11.1 Å². The van der Waals surface area contributed by atoms with E-state index in [4.69, 9.17) is 10.2 Å². The minimum Gasteiger partial charge on any atom is -0.469 e. The van der Waals surface area contributed by atoms with Gasteiger partial charge in [-0.1, -0.05) is 12.1 Å². The summed E-state index contributed by atoms with van der Waals surface area (Å²) in [5.41, 5.74) is 8.32. The maximum Gasteiger partial charge on any atom is 0.321 e. The van der Waals surface area contributed by atoms with Crippen LogP contribution in [0.2, 0.25) is 0 Å².